The summed E-state index contributed by atoms with van der Waals surface area (Å²) in [5, 5.41) is 0.706. The number of carbonyl (C=O) groups is 1. The predicted octanol–water partition coefficient (Wildman–Crippen LogP) is 3.58. The highest BCUT2D eigenvalue weighted by molar-refractivity contribution is 6.30. The molecule has 5 heteroatoms. The zero-order valence-corrected chi connectivity index (χ0v) is 14.9. The Morgan fingerprint density at radius 2 is 1.96 bits per heavy atom. The van der Waals surface area contributed by atoms with Crippen molar-refractivity contribution >= 4 is 17.5 Å². The van der Waals surface area contributed by atoms with Gasteiger partial charge in [-0.15, -0.1) is 0 Å². The molecule has 24 heavy (non-hydrogen) atoms. The molecule has 0 spiro atoms. The lowest BCUT2D eigenvalue weighted by molar-refractivity contribution is -0.131. The van der Waals surface area contributed by atoms with Crippen LogP contribution in [0.3, 0.4) is 0 Å². The number of rotatable bonds is 5. The number of hydrogen-bond donors (Lipinski definition) is 0. The molecule has 0 atom stereocenters. The molecular formula is C19H24ClN3O. The van der Waals surface area contributed by atoms with Crippen molar-refractivity contribution in [2.24, 2.45) is 5.92 Å². The van der Waals surface area contributed by atoms with Gasteiger partial charge in [0.15, 0.2) is 0 Å². The summed E-state index contributed by atoms with van der Waals surface area (Å²) in [6.45, 7) is 4.86. The maximum atomic E-state index is 12.5. The minimum atomic E-state index is 0.215. The maximum Gasteiger partial charge on any atom is 0.226 e. The summed E-state index contributed by atoms with van der Waals surface area (Å²) in [6.07, 6.45) is 7.50. The quantitative estimate of drug-likeness (QED) is 0.830. The van der Waals surface area contributed by atoms with Gasteiger partial charge >= 0.3 is 0 Å². The van der Waals surface area contributed by atoms with Gasteiger partial charge in [0.1, 0.15) is 5.82 Å². The van der Waals surface area contributed by atoms with Crippen molar-refractivity contribution in [3.63, 3.8) is 0 Å². The van der Waals surface area contributed by atoms with E-state index in [9.17, 15) is 4.79 Å². The number of hydrogen-bond acceptors (Lipinski definition) is 2. The van der Waals surface area contributed by atoms with Gasteiger partial charge in [-0.3, -0.25) is 4.79 Å². The van der Waals surface area contributed by atoms with Gasteiger partial charge in [-0.2, -0.15) is 0 Å². The molecule has 4 nitrogen and oxygen atoms in total. The summed E-state index contributed by atoms with van der Waals surface area (Å²) >= 11 is 5.89. The Balaban J connectivity index is 1.49. The lowest BCUT2D eigenvalue weighted by atomic mass is 9.96. The molecule has 1 saturated heterocycles. The van der Waals surface area contributed by atoms with E-state index in [2.05, 4.69) is 22.7 Å². The Bertz CT molecular complexity index is 672. The Morgan fingerprint density at radius 1 is 1.25 bits per heavy atom. The van der Waals surface area contributed by atoms with Crippen LogP contribution in [0.25, 0.3) is 0 Å². The minimum absolute atomic E-state index is 0.215. The number of likely N-dealkylation sites (tertiary alicyclic amines) is 1. The first-order chi connectivity index (χ1) is 11.7. The first-order valence-corrected chi connectivity index (χ1v) is 9.05. The summed E-state index contributed by atoms with van der Waals surface area (Å²) in [5.74, 6) is 1.99. The number of amides is 1. The summed E-state index contributed by atoms with van der Waals surface area (Å²) in [5.41, 5.74) is 1.03. The van der Waals surface area contributed by atoms with Gasteiger partial charge < -0.3 is 9.47 Å². The number of benzene rings is 1. The van der Waals surface area contributed by atoms with Gasteiger partial charge in [-0.25, -0.2) is 4.98 Å². The van der Waals surface area contributed by atoms with E-state index in [1.807, 2.05) is 35.4 Å². The molecule has 3 rings (SSSR count). The molecule has 0 N–H and O–H groups in total. The van der Waals surface area contributed by atoms with Crippen molar-refractivity contribution in [1.29, 1.82) is 0 Å². The third kappa shape index (κ3) is 4.18. The summed E-state index contributed by atoms with van der Waals surface area (Å²) < 4.78 is 2.26. The molecule has 1 amide bonds. The molecule has 0 aliphatic carbocycles. The van der Waals surface area contributed by atoms with E-state index in [0.717, 1.165) is 50.3 Å². The van der Waals surface area contributed by atoms with E-state index in [4.69, 9.17) is 11.6 Å². The van der Waals surface area contributed by atoms with Gasteiger partial charge in [0.05, 0.1) is 6.42 Å². The fraction of sp³-hybridized carbons (Fsp3) is 0.474. The lowest BCUT2D eigenvalue weighted by Gasteiger charge is -2.32. The van der Waals surface area contributed by atoms with Crippen molar-refractivity contribution in [3.8, 4) is 0 Å². The molecule has 0 bridgehead atoms. The highest BCUT2D eigenvalue weighted by Gasteiger charge is 2.23. The summed E-state index contributed by atoms with van der Waals surface area (Å²) in [4.78, 5) is 18.8. The Morgan fingerprint density at radius 3 is 2.62 bits per heavy atom. The highest BCUT2D eigenvalue weighted by atomic mass is 35.5. The monoisotopic (exact) mass is 345 g/mol. The zero-order chi connectivity index (χ0) is 16.9. The number of imidazole rings is 1. The van der Waals surface area contributed by atoms with Crippen LogP contribution in [0.15, 0.2) is 36.7 Å². The zero-order valence-electron chi connectivity index (χ0n) is 14.1. The van der Waals surface area contributed by atoms with Crippen LogP contribution in [-0.2, 0) is 24.2 Å². The second-order valence-electron chi connectivity index (χ2n) is 6.48. The number of halogens is 1. The van der Waals surface area contributed by atoms with Crippen molar-refractivity contribution in [2.45, 2.75) is 39.2 Å². The van der Waals surface area contributed by atoms with Crippen LogP contribution in [0.5, 0.6) is 0 Å². The largest absolute Gasteiger partial charge is 0.342 e. The maximum absolute atomic E-state index is 12.5. The number of aromatic nitrogens is 2. The van der Waals surface area contributed by atoms with Gasteiger partial charge in [-0.05, 0) is 36.5 Å². The number of carbonyl (C=O) groups excluding carboxylic acids is 1. The van der Waals surface area contributed by atoms with Crippen molar-refractivity contribution < 1.29 is 4.79 Å². The summed E-state index contributed by atoms with van der Waals surface area (Å²) in [7, 11) is 0. The van der Waals surface area contributed by atoms with Gasteiger partial charge in [0.2, 0.25) is 5.91 Å². The van der Waals surface area contributed by atoms with E-state index in [1.54, 1.807) is 0 Å². The molecule has 0 saturated carbocycles. The second-order valence-corrected chi connectivity index (χ2v) is 6.91. The molecule has 0 radical (unpaired) electrons. The SMILES string of the molecule is CCc1nccn1CC1CCN(C(=O)Cc2ccc(Cl)cc2)CC1. The molecule has 1 aromatic carbocycles. The van der Waals surface area contributed by atoms with Crippen LogP contribution in [0.1, 0.15) is 31.2 Å². The molecule has 1 aliphatic heterocycles. The number of piperidine rings is 1. The average molecular weight is 346 g/mol. The van der Waals surface area contributed by atoms with E-state index >= 15 is 0 Å². The molecule has 128 valence electrons. The lowest BCUT2D eigenvalue weighted by Crippen LogP contribution is -2.40. The molecule has 2 heterocycles. The van der Waals surface area contributed by atoms with E-state index in [0.29, 0.717) is 17.4 Å². The first kappa shape index (κ1) is 17.0. The Labute approximate surface area is 148 Å². The minimum Gasteiger partial charge on any atom is -0.342 e. The molecule has 1 aromatic heterocycles. The standard InChI is InChI=1S/C19H24ClN3O/c1-2-18-21-9-12-23(18)14-16-7-10-22(11-8-16)19(24)13-15-3-5-17(20)6-4-15/h3-6,9,12,16H,2,7-8,10-11,13-14H2,1H3. The summed E-state index contributed by atoms with van der Waals surface area (Å²) in [6, 6.07) is 7.54. The van der Waals surface area contributed by atoms with Crippen LogP contribution in [0, 0.1) is 5.92 Å². The normalized spacial score (nSPS) is 15.7. The predicted molar refractivity (Wildman–Crippen MR) is 96.1 cm³/mol. The third-order valence-corrected chi connectivity index (χ3v) is 5.06. The van der Waals surface area contributed by atoms with Crippen LogP contribution in [-0.4, -0.2) is 33.4 Å². The third-order valence-electron chi connectivity index (χ3n) is 4.81. The van der Waals surface area contributed by atoms with Crippen molar-refractivity contribution in [2.75, 3.05) is 13.1 Å². The fourth-order valence-corrected chi connectivity index (χ4v) is 3.48. The van der Waals surface area contributed by atoms with Crippen molar-refractivity contribution in [3.05, 3.63) is 53.1 Å². The fourth-order valence-electron chi connectivity index (χ4n) is 3.35. The second kappa shape index (κ2) is 7.84. The highest BCUT2D eigenvalue weighted by Crippen LogP contribution is 2.21. The van der Waals surface area contributed by atoms with Crippen LogP contribution < -0.4 is 0 Å². The van der Waals surface area contributed by atoms with Gasteiger partial charge in [-0.1, -0.05) is 30.7 Å². The van der Waals surface area contributed by atoms with Crippen LogP contribution >= 0.6 is 11.6 Å². The number of nitrogens with zero attached hydrogens (tertiary/aromatic N) is 3. The van der Waals surface area contributed by atoms with Crippen LogP contribution in [0.4, 0.5) is 0 Å². The van der Waals surface area contributed by atoms with Crippen LogP contribution in [0.2, 0.25) is 5.02 Å². The molecular weight excluding hydrogens is 322 g/mol. The molecule has 1 aliphatic rings. The van der Waals surface area contributed by atoms with E-state index < -0.39 is 0 Å². The van der Waals surface area contributed by atoms with Gasteiger partial charge in [0, 0.05) is 43.5 Å². The number of aryl methyl sites for hydroxylation is 1. The molecule has 0 unspecified atom stereocenters. The van der Waals surface area contributed by atoms with Crippen molar-refractivity contribution in [1.82, 2.24) is 14.5 Å². The Kier molecular flexibility index (Phi) is 5.56. The first-order valence-electron chi connectivity index (χ1n) is 8.68. The van der Waals surface area contributed by atoms with E-state index in [1.165, 1.54) is 0 Å². The Hall–Kier alpha value is -1.81. The molecule has 2 aromatic rings. The topological polar surface area (TPSA) is 38.1 Å². The van der Waals surface area contributed by atoms with E-state index in [-0.39, 0.29) is 5.91 Å². The molecule has 1 fully saturated rings. The average Bonchev–Trinajstić information content (AvgIpc) is 3.04. The smallest absolute Gasteiger partial charge is 0.226 e. The van der Waals surface area contributed by atoms with Gasteiger partial charge in [0.25, 0.3) is 0 Å².